The van der Waals surface area contributed by atoms with Gasteiger partial charge in [0.2, 0.25) is 11.9 Å². The summed E-state index contributed by atoms with van der Waals surface area (Å²) in [4.78, 5) is 40.5. The minimum absolute atomic E-state index is 0.0677. The van der Waals surface area contributed by atoms with Crippen molar-refractivity contribution in [1.29, 1.82) is 0 Å². The van der Waals surface area contributed by atoms with Gasteiger partial charge in [0.1, 0.15) is 35.2 Å². The highest BCUT2D eigenvalue weighted by atomic mass is 79.9. The van der Waals surface area contributed by atoms with Gasteiger partial charge in [-0.05, 0) is 110 Å². The number of benzene rings is 3. The first-order chi connectivity index (χ1) is 32.1. The third-order valence-electron chi connectivity index (χ3n) is 12.1. The number of halogens is 1. The molecule has 2 fully saturated rings. The molecule has 2 aliphatic heterocycles. The lowest BCUT2D eigenvalue weighted by Gasteiger charge is -2.36. The number of imidazole rings is 1. The lowest BCUT2D eigenvalue weighted by molar-refractivity contribution is -0.115. The van der Waals surface area contributed by atoms with E-state index in [0.29, 0.717) is 42.0 Å². The zero-order valence-corrected chi connectivity index (χ0v) is 38.8. The molecule has 0 radical (unpaired) electrons. The first-order valence-electron chi connectivity index (χ1n) is 22.5. The fraction of sp³-hybridized carbons (Fsp3) is 0.333. The molecule has 0 saturated carbocycles. The molecule has 0 spiro atoms. The van der Waals surface area contributed by atoms with Crippen molar-refractivity contribution in [1.82, 2.24) is 59.5 Å². The summed E-state index contributed by atoms with van der Waals surface area (Å²) in [5, 5.41) is 24.6. The van der Waals surface area contributed by atoms with Crippen LogP contribution in [-0.2, 0) is 17.9 Å². The quantitative estimate of drug-likeness (QED) is 0.0742. The van der Waals surface area contributed by atoms with Crippen LogP contribution in [0.3, 0.4) is 0 Å². The molecule has 338 valence electrons. The molecule has 0 amide bonds. The van der Waals surface area contributed by atoms with Crippen LogP contribution in [-0.4, -0.2) is 99.5 Å². The Morgan fingerprint density at radius 1 is 0.955 bits per heavy atom. The molecule has 7 heterocycles. The first kappa shape index (κ1) is 43.1. The predicted molar refractivity (Wildman–Crippen MR) is 260 cm³/mol. The highest BCUT2D eigenvalue weighted by Gasteiger charge is 2.27. The number of ether oxygens (including phenoxy) is 1. The smallest absolute Gasteiger partial charge is 0.230 e. The van der Waals surface area contributed by atoms with Crippen LogP contribution in [0, 0.1) is 6.92 Å². The van der Waals surface area contributed by atoms with E-state index in [4.69, 9.17) is 34.8 Å². The van der Waals surface area contributed by atoms with E-state index in [2.05, 4.69) is 84.3 Å². The van der Waals surface area contributed by atoms with Gasteiger partial charge in [-0.1, -0.05) is 30.8 Å². The lowest BCUT2D eigenvalue weighted by atomic mass is 10.1. The largest absolute Gasteiger partial charge is 0.457 e. The van der Waals surface area contributed by atoms with Crippen molar-refractivity contribution < 1.29 is 9.53 Å². The van der Waals surface area contributed by atoms with Crippen LogP contribution in [0.5, 0.6) is 11.5 Å². The number of aryl methyl sites for hydroxylation is 1. The number of ketones is 1. The van der Waals surface area contributed by atoms with Gasteiger partial charge in [0.05, 0.1) is 46.2 Å². The molecule has 3 aromatic carbocycles. The molecule has 2 saturated heterocycles. The standard InChI is InChI=1S/C48H52BrN15O2/c1-29-12-17-39-38(21-29)57-41(24-52-47-59-48(58-45-37(49)23-55-64(45)47)61-26-31(3)56-32(4)27-61)62(39)25-30(2)40(65)18-20-51-44-42-43(33-13-15-36(16-14-33)66-35-10-6-5-7-11-35)60-63(46(42)54-28-53-44)34-9-8-19-50-22-34/h5-7,10-17,21,23,28,31-32,34,50,56H,2,8-9,18-20,22,24-27H2,1,3-4H3,(H,51,53,54)(H,52,58,59)/t31-,32+,34?. The van der Waals surface area contributed by atoms with E-state index < -0.39 is 0 Å². The third kappa shape index (κ3) is 8.95. The maximum absolute atomic E-state index is 13.9. The van der Waals surface area contributed by atoms with E-state index in [-0.39, 0.29) is 36.9 Å². The van der Waals surface area contributed by atoms with Crippen molar-refractivity contribution in [2.45, 2.75) is 71.2 Å². The normalized spacial score (nSPS) is 17.7. The first-order valence-corrected chi connectivity index (χ1v) is 23.3. The summed E-state index contributed by atoms with van der Waals surface area (Å²) >= 11 is 3.63. The summed E-state index contributed by atoms with van der Waals surface area (Å²) < 4.78 is 12.6. The molecule has 18 heteroatoms. The topological polar surface area (TPSA) is 182 Å². The van der Waals surface area contributed by atoms with Gasteiger partial charge < -0.3 is 35.5 Å². The number of allylic oxidation sites excluding steroid dienone is 1. The van der Waals surface area contributed by atoms with Crippen molar-refractivity contribution in [3.05, 3.63) is 113 Å². The number of hydrogen-bond acceptors (Lipinski definition) is 14. The van der Waals surface area contributed by atoms with Crippen LogP contribution in [0.4, 0.5) is 17.7 Å². The van der Waals surface area contributed by atoms with E-state index in [1.807, 2.05) is 72.3 Å². The zero-order chi connectivity index (χ0) is 45.3. The molecule has 3 atom stereocenters. The Kier molecular flexibility index (Phi) is 12.2. The summed E-state index contributed by atoms with van der Waals surface area (Å²) in [6.07, 6.45) is 5.52. The number of Topliss-reactive ketones (excluding diaryl/α,β-unsaturated/α-hetero) is 1. The number of nitrogens with zero attached hydrogens (tertiary/aromatic N) is 11. The Morgan fingerprint density at radius 3 is 2.55 bits per heavy atom. The molecule has 4 N–H and O–H groups in total. The summed E-state index contributed by atoms with van der Waals surface area (Å²) in [6.45, 7) is 14.9. The number of carbonyl (C=O) groups is 1. The Labute approximate surface area is 390 Å². The Hall–Kier alpha value is -6.76. The summed E-state index contributed by atoms with van der Waals surface area (Å²) in [7, 11) is 0. The molecule has 8 aromatic rings. The molecule has 66 heavy (non-hydrogen) atoms. The maximum atomic E-state index is 13.9. The van der Waals surface area contributed by atoms with E-state index in [0.717, 1.165) is 99.7 Å². The van der Waals surface area contributed by atoms with Gasteiger partial charge in [-0.2, -0.15) is 24.7 Å². The number of anilines is 3. The number of aromatic nitrogens is 10. The van der Waals surface area contributed by atoms with Gasteiger partial charge in [-0.15, -0.1) is 0 Å². The fourth-order valence-corrected chi connectivity index (χ4v) is 9.35. The van der Waals surface area contributed by atoms with Crippen LogP contribution < -0.4 is 30.9 Å². The lowest BCUT2D eigenvalue weighted by Crippen LogP contribution is -2.54. The van der Waals surface area contributed by atoms with Gasteiger partial charge in [0.25, 0.3) is 0 Å². The number of fused-ring (bicyclic) bond motifs is 3. The Bertz CT molecular complexity index is 3040. The van der Waals surface area contributed by atoms with Crippen molar-refractivity contribution in [3.8, 4) is 22.8 Å². The van der Waals surface area contributed by atoms with Crippen LogP contribution in [0.2, 0.25) is 0 Å². The number of piperidine rings is 1. The number of hydrogen-bond donors (Lipinski definition) is 4. The number of nitrogens with one attached hydrogen (secondary N) is 4. The highest BCUT2D eigenvalue weighted by molar-refractivity contribution is 9.10. The van der Waals surface area contributed by atoms with Crippen molar-refractivity contribution >= 4 is 67.1 Å². The van der Waals surface area contributed by atoms with E-state index in [9.17, 15) is 4.79 Å². The number of para-hydroxylation sites is 1. The maximum Gasteiger partial charge on any atom is 0.230 e. The average Bonchev–Trinajstić information content (AvgIpc) is 4.01. The van der Waals surface area contributed by atoms with Crippen molar-refractivity contribution in [2.24, 2.45) is 0 Å². The van der Waals surface area contributed by atoms with Crippen molar-refractivity contribution in [3.63, 3.8) is 0 Å². The number of piperazine rings is 1. The second-order valence-electron chi connectivity index (χ2n) is 17.3. The monoisotopic (exact) mass is 949 g/mol. The van der Waals surface area contributed by atoms with Gasteiger partial charge in [0, 0.05) is 55.8 Å². The van der Waals surface area contributed by atoms with Gasteiger partial charge >= 0.3 is 0 Å². The van der Waals surface area contributed by atoms with Crippen molar-refractivity contribution in [2.75, 3.05) is 48.3 Å². The molecule has 10 rings (SSSR count). The average molecular weight is 951 g/mol. The summed E-state index contributed by atoms with van der Waals surface area (Å²) in [5.41, 5.74) is 6.37. The van der Waals surface area contributed by atoms with Gasteiger partial charge in [-0.3, -0.25) is 4.79 Å². The molecular weight excluding hydrogens is 899 g/mol. The zero-order valence-electron chi connectivity index (χ0n) is 37.2. The molecule has 5 aromatic heterocycles. The number of carbonyl (C=O) groups excluding carboxylic acids is 1. The van der Waals surface area contributed by atoms with E-state index in [1.165, 1.54) is 0 Å². The van der Waals surface area contributed by atoms with E-state index >= 15 is 0 Å². The molecule has 0 aliphatic carbocycles. The molecule has 17 nitrogen and oxygen atoms in total. The minimum atomic E-state index is -0.0677. The molecule has 0 bridgehead atoms. The second-order valence-corrected chi connectivity index (χ2v) is 18.1. The Morgan fingerprint density at radius 2 is 1.76 bits per heavy atom. The third-order valence-corrected chi connectivity index (χ3v) is 12.7. The molecular formula is C48H52BrN15O2. The summed E-state index contributed by atoms with van der Waals surface area (Å²) in [5.74, 6) is 3.92. The SMILES string of the molecule is C=C(Cn1c(CNc2nc(N3C[C@@H](C)N[C@@H](C)C3)nc3c(Br)cnn23)nc2cc(C)ccc21)C(=O)CCNc1ncnc2c1c(-c1ccc(Oc3ccccc3)cc1)nn2C1CCCNC1. The number of rotatable bonds is 15. The second kappa shape index (κ2) is 18.6. The van der Waals surface area contributed by atoms with Crippen LogP contribution in [0.25, 0.3) is 39.0 Å². The molecule has 1 unspecified atom stereocenters. The van der Waals surface area contributed by atoms with E-state index in [1.54, 1.807) is 17.0 Å². The van der Waals surface area contributed by atoms with Gasteiger partial charge in [0.15, 0.2) is 17.1 Å². The summed E-state index contributed by atoms with van der Waals surface area (Å²) in [6, 6.07) is 24.5. The minimum Gasteiger partial charge on any atom is -0.457 e. The predicted octanol–water partition coefficient (Wildman–Crippen LogP) is 7.49. The molecule has 2 aliphatic rings. The van der Waals surface area contributed by atoms with Crippen LogP contribution >= 0.6 is 15.9 Å². The van der Waals surface area contributed by atoms with Crippen LogP contribution in [0.1, 0.15) is 50.5 Å². The van der Waals surface area contributed by atoms with Crippen LogP contribution in [0.15, 0.2) is 102 Å². The highest BCUT2D eigenvalue weighted by Crippen LogP contribution is 2.35. The fourth-order valence-electron chi connectivity index (χ4n) is 9.01. The van der Waals surface area contributed by atoms with Gasteiger partial charge in [-0.25, -0.2) is 19.6 Å². The Balaban J connectivity index is 0.868.